The molecule has 8 rings (SSSR count). The molecule has 8 aromatic rings. The number of rotatable bonds is 37. The number of nitriles is 4. The van der Waals surface area contributed by atoms with Crippen molar-refractivity contribution >= 4 is 172 Å². The number of nitrogens with zero attached hydrogens (tertiary/aromatic N) is 4. The first-order valence-corrected chi connectivity index (χ1v) is 49.5. The zero-order chi connectivity index (χ0) is 100. The molecule has 133 heavy (non-hydrogen) atoms. The molecule has 0 aliphatic rings. The van der Waals surface area contributed by atoms with Crippen molar-refractivity contribution in [3.8, 4) is 47.3 Å². The lowest BCUT2D eigenvalue weighted by atomic mass is 10.1. The molecule has 722 valence electrons. The fourth-order valence-corrected chi connectivity index (χ4v) is 15.8. The summed E-state index contributed by atoms with van der Waals surface area (Å²) in [5.74, 6) is -3.34. The van der Waals surface area contributed by atoms with Crippen molar-refractivity contribution in [3.63, 3.8) is 0 Å². The SMILES string of the molecule is BrCCCCCCBr.C[C@](O)(CBr)C(=O)Nc1ccc(C#N)c(C(F)(F)F)c1.C[C@](O)(CS(=O)(=O)c1ccc(OCCCCCCBr)cc1)C(=O)Nc1ccc(C#N)c(C(F)(F)F)c1.C[C@](O)(CSc1ccc(O)cc1)C(=O)Nc1ccc(C#N)c(C(F)(F)F)c1.C[C@](O)(CSc1ccc(OCCCCCCBr)cc1)C(=O)Nc1ccc(C#N)c(C(F)(F)F)c1.Oc1ccc(S)cc1. The Morgan fingerprint density at radius 2 is 0.632 bits per heavy atom. The maximum Gasteiger partial charge on any atom is 0.417 e. The van der Waals surface area contributed by atoms with Gasteiger partial charge in [-0.3, -0.25) is 19.2 Å². The van der Waals surface area contributed by atoms with Crippen molar-refractivity contribution in [1.82, 2.24) is 0 Å². The highest BCUT2D eigenvalue weighted by molar-refractivity contribution is 9.09. The maximum absolute atomic E-state index is 13.2. The summed E-state index contributed by atoms with van der Waals surface area (Å²) in [6.07, 6.45) is -5.23. The lowest BCUT2D eigenvalue weighted by Crippen LogP contribution is -2.45. The number of nitrogens with one attached hydrogen (secondary N) is 4. The van der Waals surface area contributed by atoms with Gasteiger partial charge in [-0.2, -0.15) is 73.7 Å². The molecule has 0 fully saturated rings. The molecule has 0 saturated heterocycles. The second-order valence-corrected chi connectivity index (χ2v) is 37.8. The van der Waals surface area contributed by atoms with E-state index in [0.29, 0.717) is 48.1 Å². The summed E-state index contributed by atoms with van der Waals surface area (Å²) in [6, 6.07) is 42.2. The number of amides is 4. The second kappa shape index (κ2) is 57.3. The molecule has 0 radical (unpaired) electrons. The number of alkyl halides is 17. The highest BCUT2D eigenvalue weighted by Gasteiger charge is 2.41. The van der Waals surface area contributed by atoms with Crippen LogP contribution in [-0.2, 0) is 53.7 Å². The summed E-state index contributed by atoms with van der Waals surface area (Å²) in [6.45, 7) is 5.80. The van der Waals surface area contributed by atoms with Gasteiger partial charge in [0.05, 0.1) is 92.6 Å². The number of carbonyl (C=O) groups excluding carboxylic acids is 4. The number of sulfone groups is 1. The van der Waals surface area contributed by atoms with Crippen molar-refractivity contribution in [2.45, 2.75) is 171 Å². The minimum Gasteiger partial charge on any atom is -0.508 e. The number of carbonyl (C=O) groups is 4. The van der Waals surface area contributed by atoms with Gasteiger partial charge in [0.1, 0.15) is 39.8 Å². The standard InChI is InChI=1S/C24H26BrF3N2O5S.C24H26BrF3N2O3S.C18H15F3N2O3S.C12H10BrF3N2O2.C6H12Br2.C6H6OS/c1-23(32,22(31)30-18-7-6-17(15-29)21(14-18)24(26,27)28)16-36(33,34)20-10-8-19(9-11-20)35-13-5-3-2-4-12-25;1-23(32,22(31)30-18-7-6-17(15-29)21(14-18)24(26,27)28)16-34-20-10-8-19(9-11-20)33-13-5-3-2-4-12-25;1-17(26,10-27-14-6-4-13(24)5-7-14)16(25)23-12-3-2-11(9-22)15(8-12)18(19,20)21;1-11(20,6-13)10(19)18-8-3-2-7(5-17)9(4-8)12(14,15)16;7-5-3-1-2-4-6-8;7-5-1-3-6(8)4-2-5/h6-11,14,32H,2-5,12-13,16H2,1H3,(H,30,31);6-11,14,32H,2-5,12-13,16H2,1H3,(H,30,31);2-8,24,26H,10H2,1H3,(H,23,25);2-4,20H,6H2,1H3,(H,18,19);1-6H2;1-4,7-8H/t2*23-;17-;11-;;/m0000../s1. The van der Waals surface area contributed by atoms with Crippen LogP contribution in [0.15, 0.2) is 189 Å². The van der Waals surface area contributed by atoms with E-state index in [9.17, 15) is 106 Å². The molecular formula is C90H95Br5F12N8O14S4. The molecule has 0 bridgehead atoms. The monoisotopic (exact) mass is 2260 g/mol. The number of anilines is 4. The Morgan fingerprint density at radius 3 is 0.895 bits per heavy atom. The number of aromatic hydroxyl groups is 2. The average molecular weight is 2270 g/mol. The topological polar surface area (TPSA) is 386 Å². The quantitative estimate of drug-likeness (QED) is 0.00566. The molecule has 4 atom stereocenters. The number of hydrogen-bond donors (Lipinski definition) is 11. The number of thioether (sulfide) groups is 2. The molecule has 0 aliphatic heterocycles. The second-order valence-electron chi connectivity index (χ2n) is 29.5. The van der Waals surface area contributed by atoms with E-state index in [1.807, 2.05) is 24.3 Å². The Morgan fingerprint density at radius 1 is 0.376 bits per heavy atom. The van der Waals surface area contributed by atoms with Crippen LogP contribution in [0.4, 0.5) is 75.4 Å². The minimum atomic E-state index is -4.85. The maximum atomic E-state index is 13.2. The fraction of sp³-hybridized carbons (Fsp3) is 0.378. The summed E-state index contributed by atoms with van der Waals surface area (Å²) >= 11 is 22.9. The van der Waals surface area contributed by atoms with Crippen LogP contribution in [0, 0.1) is 45.3 Å². The van der Waals surface area contributed by atoms with Gasteiger partial charge < -0.3 is 61.4 Å². The zero-order valence-electron chi connectivity index (χ0n) is 71.6. The van der Waals surface area contributed by atoms with Crippen molar-refractivity contribution in [2.75, 3.05) is 78.4 Å². The third-order valence-electron chi connectivity index (χ3n) is 17.8. The molecule has 4 amide bonds. The first-order valence-electron chi connectivity index (χ1n) is 39.8. The predicted molar refractivity (Wildman–Crippen MR) is 507 cm³/mol. The molecule has 0 heterocycles. The van der Waals surface area contributed by atoms with E-state index in [2.05, 4.69) is 114 Å². The molecule has 0 aliphatic carbocycles. The van der Waals surface area contributed by atoms with Crippen LogP contribution in [0.1, 0.15) is 149 Å². The number of unbranched alkanes of at least 4 members (excludes halogenated alkanes) is 9. The van der Waals surface area contributed by atoms with E-state index in [1.165, 1.54) is 125 Å². The molecule has 22 nitrogen and oxygen atoms in total. The third kappa shape index (κ3) is 43.8. The summed E-state index contributed by atoms with van der Waals surface area (Å²) in [5, 5.41) is 107. The van der Waals surface area contributed by atoms with Gasteiger partial charge in [-0.25, -0.2) is 8.42 Å². The van der Waals surface area contributed by atoms with Gasteiger partial charge in [0, 0.05) is 75.6 Å². The van der Waals surface area contributed by atoms with Gasteiger partial charge in [0.25, 0.3) is 23.6 Å². The average Bonchev–Trinajstić information content (AvgIpc) is 0.799. The first-order chi connectivity index (χ1) is 62.2. The van der Waals surface area contributed by atoms with Crippen LogP contribution < -0.4 is 30.7 Å². The van der Waals surface area contributed by atoms with Crippen LogP contribution in [0.3, 0.4) is 0 Å². The van der Waals surface area contributed by atoms with Crippen molar-refractivity contribution in [3.05, 3.63) is 214 Å². The Kier molecular flexibility index (Phi) is 51.0. The van der Waals surface area contributed by atoms with Gasteiger partial charge in [0.15, 0.2) is 15.4 Å². The van der Waals surface area contributed by atoms with E-state index < -0.39 is 131 Å². The van der Waals surface area contributed by atoms with E-state index in [0.717, 1.165) is 149 Å². The summed E-state index contributed by atoms with van der Waals surface area (Å²) in [4.78, 5) is 51.1. The Labute approximate surface area is 818 Å². The Balaban J connectivity index is 0.000000437. The summed E-state index contributed by atoms with van der Waals surface area (Å²) in [5.41, 5.74) is -15.8. The van der Waals surface area contributed by atoms with Crippen LogP contribution >= 0.6 is 116 Å². The molecule has 0 saturated carbocycles. The number of hydrogen-bond acceptors (Lipinski definition) is 21. The molecule has 0 unspecified atom stereocenters. The van der Waals surface area contributed by atoms with E-state index in [-0.39, 0.29) is 56.0 Å². The van der Waals surface area contributed by atoms with Gasteiger partial charge in [-0.1, -0.05) is 118 Å². The fourth-order valence-electron chi connectivity index (χ4n) is 10.4. The third-order valence-corrected chi connectivity index (χ3v) is 26.0. The molecular weight excluding hydrogens is 2170 g/mol. The largest absolute Gasteiger partial charge is 0.508 e. The van der Waals surface area contributed by atoms with E-state index in [4.69, 9.17) is 35.6 Å². The van der Waals surface area contributed by atoms with Crippen LogP contribution in [0.25, 0.3) is 0 Å². The Bertz CT molecular complexity index is 5310. The first kappa shape index (κ1) is 118. The van der Waals surface area contributed by atoms with Gasteiger partial charge >= 0.3 is 24.7 Å². The number of benzene rings is 8. The van der Waals surface area contributed by atoms with Gasteiger partial charge in [0.2, 0.25) is 0 Å². The lowest BCUT2D eigenvalue weighted by molar-refractivity contribution is -0.138. The molecule has 10 N–H and O–H groups in total. The normalized spacial score (nSPS) is 13.0. The highest BCUT2D eigenvalue weighted by atomic mass is 79.9. The van der Waals surface area contributed by atoms with Crippen LogP contribution in [0.2, 0.25) is 0 Å². The number of ether oxygens (including phenoxy) is 2. The van der Waals surface area contributed by atoms with E-state index >= 15 is 0 Å². The summed E-state index contributed by atoms with van der Waals surface area (Å²) in [7, 11) is -4.14. The summed E-state index contributed by atoms with van der Waals surface area (Å²) < 4.78 is 193. The number of halogens is 17. The highest BCUT2D eigenvalue weighted by Crippen LogP contribution is 2.39. The number of aliphatic hydroxyl groups is 4. The lowest BCUT2D eigenvalue weighted by Gasteiger charge is -2.22. The van der Waals surface area contributed by atoms with Crippen molar-refractivity contribution < 1.29 is 120 Å². The molecule has 43 heteroatoms. The smallest absolute Gasteiger partial charge is 0.417 e. The zero-order valence-corrected chi connectivity index (χ0v) is 82.8. The molecule has 0 spiro atoms. The van der Waals surface area contributed by atoms with Crippen LogP contribution in [0.5, 0.6) is 23.0 Å². The van der Waals surface area contributed by atoms with Gasteiger partial charge in [-0.15, -0.1) is 36.2 Å². The Hall–Kier alpha value is -8.80. The minimum absolute atomic E-state index is 0.0188. The van der Waals surface area contributed by atoms with Crippen LogP contribution in [-0.4, -0.2) is 142 Å². The van der Waals surface area contributed by atoms with E-state index in [1.54, 1.807) is 36.4 Å². The van der Waals surface area contributed by atoms with Crippen molar-refractivity contribution in [1.29, 1.82) is 21.0 Å². The van der Waals surface area contributed by atoms with Crippen molar-refractivity contribution in [2.24, 2.45) is 0 Å². The van der Waals surface area contributed by atoms with Gasteiger partial charge in [-0.05, 0) is 236 Å². The number of thiol groups is 1. The predicted octanol–water partition coefficient (Wildman–Crippen LogP) is 22.9. The number of phenols is 2. The molecule has 0 aromatic heterocycles. The molecule has 8 aromatic carbocycles. The number of phenolic OH excluding ortho intramolecular Hbond substituents is 2.